The number of hydrogen-bond acceptors (Lipinski definition) is 5. The van der Waals surface area contributed by atoms with Crippen molar-refractivity contribution in [3.63, 3.8) is 0 Å². The van der Waals surface area contributed by atoms with Gasteiger partial charge in [0, 0.05) is 29.9 Å². The Kier molecular flexibility index (Phi) is 5.13. The standard InChI is InChI=1S/C23H24N4O3/c1-14-5-7-19-17(11-14)18(12-15(2)24-19)22(28)25-16-6-8-21-20(13-16)27(23(29)30-21)10-9-26(3)4/h5-8,11-13H,9-10H2,1-4H3,(H,25,28). The van der Waals surface area contributed by atoms with Gasteiger partial charge in [0.15, 0.2) is 5.58 Å². The van der Waals surface area contributed by atoms with Gasteiger partial charge in [-0.1, -0.05) is 11.6 Å². The molecule has 0 saturated carbocycles. The molecule has 154 valence electrons. The van der Waals surface area contributed by atoms with E-state index in [1.54, 1.807) is 28.8 Å². The van der Waals surface area contributed by atoms with Crippen molar-refractivity contribution in [3.8, 4) is 0 Å². The van der Waals surface area contributed by atoms with E-state index in [-0.39, 0.29) is 5.91 Å². The molecule has 0 spiro atoms. The zero-order valence-electron chi connectivity index (χ0n) is 17.5. The van der Waals surface area contributed by atoms with Gasteiger partial charge in [-0.2, -0.15) is 0 Å². The number of fused-ring (bicyclic) bond motifs is 2. The maximum Gasteiger partial charge on any atom is 0.419 e. The molecule has 1 amide bonds. The average Bonchev–Trinajstić information content (AvgIpc) is 3.00. The molecule has 2 aromatic carbocycles. The topological polar surface area (TPSA) is 80.4 Å². The van der Waals surface area contributed by atoms with E-state index in [4.69, 9.17) is 4.42 Å². The number of anilines is 1. The van der Waals surface area contributed by atoms with E-state index in [0.717, 1.165) is 22.2 Å². The summed E-state index contributed by atoms with van der Waals surface area (Å²) in [7, 11) is 3.89. The molecule has 0 bridgehead atoms. The SMILES string of the molecule is Cc1ccc2nc(C)cc(C(=O)Nc3ccc4oc(=O)n(CCN(C)C)c4c3)c2c1. The van der Waals surface area contributed by atoms with Crippen LogP contribution in [0, 0.1) is 13.8 Å². The Balaban J connectivity index is 1.70. The minimum atomic E-state index is -0.401. The number of oxazole rings is 1. The fraction of sp³-hybridized carbons (Fsp3) is 0.261. The van der Waals surface area contributed by atoms with Crippen molar-refractivity contribution in [3.05, 3.63) is 69.8 Å². The maximum atomic E-state index is 13.1. The number of hydrogen-bond donors (Lipinski definition) is 1. The number of rotatable bonds is 5. The lowest BCUT2D eigenvalue weighted by Crippen LogP contribution is -2.23. The van der Waals surface area contributed by atoms with Gasteiger partial charge in [0.25, 0.3) is 5.91 Å². The number of benzene rings is 2. The number of pyridine rings is 1. The lowest BCUT2D eigenvalue weighted by molar-refractivity contribution is 0.102. The number of likely N-dealkylation sites (N-methyl/N-ethyl adjacent to an activating group) is 1. The molecule has 7 nitrogen and oxygen atoms in total. The van der Waals surface area contributed by atoms with Gasteiger partial charge in [-0.05, 0) is 64.3 Å². The first-order chi connectivity index (χ1) is 14.3. The van der Waals surface area contributed by atoms with Crippen LogP contribution in [0.25, 0.3) is 22.0 Å². The summed E-state index contributed by atoms with van der Waals surface area (Å²) in [5.41, 5.74) is 4.95. The number of carbonyl (C=O) groups excluding carboxylic acids is 1. The second-order valence-electron chi connectivity index (χ2n) is 7.79. The van der Waals surface area contributed by atoms with Crippen LogP contribution >= 0.6 is 0 Å². The number of carbonyl (C=O) groups is 1. The van der Waals surface area contributed by atoms with E-state index in [9.17, 15) is 9.59 Å². The van der Waals surface area contributed by atoms with Crippen LogP contribution in [0.1, 0.15) is 21.6 Å². The van der Waals surface area contributed by atoms with E-state index in [2.05, 4.69) is 10.3 Å². The van der Waals surface area contributed by atoms with E-state index in [1.165, 1.54) is 0 Å². The molecule has 30 heavy (non-hydrogen) atoms. The van der Waals surface area contributed by atoms with Crippen LogP contribution in [-0.2, 0) is 6.54 Å². The Morgan fingerprint density at radius 1 is 1.13 bits per heavy atom. The Labute approximate surface area is 173 Å². The molecule has 0 aliphatic heterocycles. The maximum absolute atomic E-state index is 13.1. The first kappa shape index (κ1) is 19.8. The molecule has 0 aliphatic rings. The quantitative estimate of drug-likeness (QED) is 0.550. The highest BCUT2D eigenvalue weighted by molar-refractivity contribution is 6.12. The Hall–Kier alpha value is -3.45. The van der Waals surface area contributed by atoms with Crippen LogP contribution in [0.3, 0.4) is 0 Å². The minimum absolute atomic E-state index is 0.221. The Morgan fingerprint density at radius 2 is 1.93 bits per heavy atom. The van der Waals surface area contributed by atoms with Crippen LogP contribution in [0.2, 0.25) is 0 Å². The highest BCUT2D eigenvalue weighted by atomic mass is 16.4. The van der Waals surface area contributed by atoms with E-state index >= 15 is 0 Å². The summed E-state index contributed by atoms with van der Waals surface area (Å²) in [6.45, 7) is 5.06. The molecule has 4 rings (SSSR count). The number of aromatic nitrogens is 2. The number of amides is 1. The van der Waals surface area contributed by atoms with Gasteiger partial charge in [-0.15, -0.1) is 0 Å². The predicted octanol–water partition coefficient (Wildman–Crippen LogP) is 3.57. The van der Waals surface area contributed by atoms with E-state index in [1.807, 2.05) is 51.0 Å². The monoisotopic (exact) mass is 404 g/mol. The van der Waals surface area contributed by atoms with Gasteiger partial charge in [0.05, 0.1) is 16.6 Å². The summed E-state index contributed by atoms with van der Waals surface area (Å²) in [6.07, 6.45) is 0. The van der Waals surface area contributed by atoms with Gasteiger partial charge in [0.1, 0.15) is 0 Å². The fourth-order valence-electron chi connectivity index (χ4n) is 3.51. The molecule has 0 unspecified atom stereocenters. The van der Waals surface area contributed by atoms with Crippen LogP contribution in [-0.4, -0.2) is 41.0 Å². The zero-order chi connectivity index (χ0) is 21.4. The number of aryl methyl sites for hydroxylation is 2. The van der Waals surface area contributed by atoms with Gasteiger partial charge in [0.2, 0.25) is 0 Å². The van der Waals surface area contributed by atoms with E-state index in [0.29, 0.717) is 35.4 Å². The molecule has 0 atom stereocenters. The van der Waals surface area contributed by atoms with Crippen LogP contribution in [0.15, 0.2) is 51.7 Å². The third kappa shape index (κ3) is 3.84. The summed E-state index contributed by atoms with van der Waals surface area (Å²) in [5, 5.41) is 3.77. The molecule has 7 heteroatoms. The summed E-state index contributed by atoms with van der Waals surface area (Å²) in [6, 6.07) is 12.9. The summed E-state index contributed by atoms with van der Waals surface area (Å²) in [5.74, 6) is -0.623. The first-order valence-corrected chi connectivity index (χ1v) is 9.79. The second-order valence-corrected chi connectivity index (χ2v) is 7.79. The van der Waals surface area contributed by atoms with Crippen molar-refractivity contribution >= 4 is 33.6 Å². The van der Waals surface area contributed by atoms with Crippen molar-refractivity contribution in [1.82, 2.24) is 14.5 Å². The second kappa shape index (κ2) is 7.76. The van der Waals surface area contributed by atoms with E-state index < -0.39 is 5.76 Å². The van der Waals surface area contributed by atoms with Crippen molar-refractivity contribution in [2.24, 2.45) is 0 Å². The van der Waals surface area contributed by atoms with Crippen molar-refractivity contribution in [1.29, 1.82) is 0 Å². The van der Waals surface area contributed by atoms with Crippen LogP contribution < -0.4 is 11.1 Å². The minimum Gasteiger partial charge on any atom is -0.408 e. The Bertz CT molecular complexity index is 1320. The number of nitrogens with zero attached hydrogens (tertiary/aromatic N) is 3. The van der Waals surface area contributed by atoms with Gasteiger partial charge in [-0.3, -0.25) is 14.3 Å². The van der Waals surface area contributed by atoms with Gasteiger partial charge in [-0.25, -0.2) is 4.79 Å². The first-order valence-electron chi connectivity index (χ1n) is 9.79. The number of nitrogens with one attached hydrogen (secondary N) is 1. The smallest absolute Gasteiger partial charge is 0.408 e. The molecular formula is C23H24N4O3. The predicted molar refractivity (Wildman–Crippen MR) is 118 cm³/mol. The summed E-state index contributed by atoms with van der Waals surface area (Å²) >= 11 is 0. The fourth-order valence-corrected chi connectivity index (χ4v) is 3.51. The molecule has 2 heterocycles. The Morgan fingerprint density at radius 3 is 2.70 bits per heavy atom. The highest BCUT2D eigenvalue weighted by Crippen LogP contribution is 2.23. The lowest BCUT2D eigenvalue weighted by atomic mass is 10.0. The van der Waals surface area contributed by atoms with Crippen LogP contribution in [0.4, 0.5) is 5.69 Å². The van der Waals surface area contributed by atoms with Gasteiger partial charge >= 0.3 is 5.76 Å². The van der Waals surface area contributed by atoms with Crippen LogP contribution in [0.5, 0.6) is 0 Å². The molecule has 2 aromatic heterocycles. The summed E-state index contributed by atoms with van der Waals surface area (Å²) < 4.78 is 6.91. The molecular weight excluding hydrogens is 380 g/mol. The normalized spacial score (nSPS) is 11.5. The van der Waals surface area contributed by atoms with Crippen molar-refractivity contribution < 1.29 is 9.21 Å². The molecule has 0 aliphatic carbocycles. The summed E-state index contributed by atoms with van der Waals surface area (Å²) in [4.78, 5) is 31.8. The average molecular weight is 404 g/mol. The third-order valence-electron chi connectivity index (χ3n) is 5.03. The molecule has 0 saturated heterocycles. The molecule has 4 aromatic rings. The largest absolute Gasteiger partial charge is 0.419 e. The third-order valence-corrected chi connectivity index (χ3v) is 5.03. The van der Waals surface area contributed by atoms with Crippen molar-refractivity contribution in [2.75, 3.05) is 26.0 Å². The van der Waals surface area contributed by atoms with Gasteiger partial charge < -0.3 is 14.6 Å². The molecule has 1 N–H and O–H groups in total. The zero-order valence-corrected chi connectivity index (χ0v) is 17.5. The molecule has 0 radical (unpaired) electrons. The molecule has 0 fully saturated rings. The lowest BCUT2D eigenvalue weighted by Gasteiger charge is -2.11. The highest BCUT2D eigenvalue weighted by Gasteiger charge is 2.15. The van der Waals surface area contributed by atoms with Crippen molar-refractivity contribution in [2.45, 2.75) is 20.4 Å².